The highest BCUT2D eigenvalue weighted by Crippen LogP contribution is 2.25. The molecular formula is C18H22N2O3S. The molecule has 2 atom stereocenters. The Hall–Kier alpha value is -1.92. The molecule has 0 radical (unpaired) electrons. The molecule has 0 spiro atoms. The van der Waals surface area contributed by atoms with E-state index >= 15 is 0 Å². The molecule has 5 nitrogen and oxygen atoms in total. The van der Waals surface area contributed by atoms with Crippen LogP contribution in [0.3, 0.4) is 0 Å². The van der Waals surface area contributed by atoms with Gasteiger partial charge in [0.25, 0.3) is 5.91 Å². The fraction of sp³-hybridized carbons (Fsp3) is 0.444. The summed E-state index contributed by atoms with van der Waals surface area (Å²) < 4.78 is 10.9. The summed E-state index contributed by atoms with van der Waals surface area (Å²) in [6.45, 7) is 1.41. The molecule has 3 rings (SSSR count). The predicted octanol–water partition coefficient (Wildman–Crippen LogP) is 2.87. The van der Waals surface area contributed by atoms with E-state index in [1.165, 1.54) is 16.9 Å². The molecule has 1 aromatic carbocycles. The van der Waals surface area contributed by atoms with Crippen molar-refractivity contribution in [2.45, 2.75) is 18.9 Å². The summed E-state index contributed by atoms with van der Waals surface area (Å²) in [6.07, 6.45) is 1.91. The minimum atomic E-state index is 0.0190. The third kappa shape index (κ3) is 3.76. The van der Waals surface area contributed by atoms with Crippen molar-refractivity contribution in [3.8, 4) is 5.75 Å². The molecule has 24 heavy (non-hydrogen) atoms. The zero-order chi connectivity index (χ0) is 16.9. The van der Waals surface area contributed by atoms with Crippen LogP contribution >= 0.6 is 11.3 Å². The van der Waals surface area contributed by atoms with E-state index in [-0.39, 0.29) is 17.9 Å². The third-order valence-electron chi connectivity index (χ3n) is 4.56. The maximum atomic E-state index is 12.6. The number of piperidine rings is 1. The summed E-state index contributed by atoms with van der Waals surface area (Å²) in [5.74, 6) is 1.15. The molecule has 1 saturated heterocycles. The van der Waals surface area contributed by atoms with Crippen LogP contribution in [0.15, 0.2) is 35.2 Å². The molecule has 2 heterocycles. The van der Waals surface area contributed by atoms with E-state index in [1.54, 1.807) is 19.7 Å². The standard InChI is InChI=1S/C18H22N2O3S/c1-22-15-5-3-13(4-6-15)9-14-10-20(8-7-17(14)23-2)18(21)16-11-24-12-19-16/h3-6,11-12,14,17H,7-10H2,1-2H3/t14-,17-/m0/s1. The molecule has 0 unspecified atom stereocenters. The normalized spacial score (nSPS) is 20.8. The van der Waals surface area contributed by atoms with E-state index in [0.717, 1.165) is 18.6 Å². The Morgan fingerprint density at radius 3 is 2.75 bits per heavy atom. The Morgan fingerprint density at radius 1 is 1.33 bits per heavy atom. The zero-order valence-corrected chi connectivity index (χ0v) is 14.8. The van der Waals surface area contributed by atoms with Crippen LogP contribution in [0.1, 0.15) is 22.5 Å². The first kappa shape index (κ1) is 16.9. The average molecular weight is 346 g/mol. The first-order chi connectivity index (χ1) is 11.7. The lowest BCUT2D eigenvalue weighted by Gasteiger charge is -2.37. The summed E-state index contributed by atoms with van der Waals surface area (Å²) in [5, 5.41) is 1.81. The fourth-order valence-corrected chi connectivity index (χ4v) is 3.77. The van der Waals surface area contributed by atoms with Gasteiger partial charge in [0.05, 0.1) is 18.7 Å². The zero-order valence-electron chi connectivity index (χ0n) is 14.0. The maximum absolute atomic E-state index is 12.6. The van der Waals surface area contributed by atoms with Crippen molar-refractivity contribution in [1.82, 2.24) is 9.88 Å². The van der Waals surface area contributed by atoms with Gasteiger partial charge >= 0.3 is 0 Å². The molecule has 1 aliphatic rings. The van der Waals surface area contributed by atoms with Crippen LogP contribution in [-0.4, -0.2) is 49.2 Å². The molecule has 0 N–H and O–H groups in total. The van der Waals surface area contributed by atoms with Gasteiger partial charge in [0.1, 0.15) is 11.4 Å². The first-order valence-corrected chi connectivity index (χ1v) is 8.98. The van der Waals surface area contributed by atoms with Crippen LogP contribution in [0.2, 0.25) is 0 Å². The summed E-state index contributed by atoms with van der Waals surface area (Å²) in [6, 6.07) is 8.09. The molecule has 128 valence electrons. The van der Waals surface area contributed by atoms with Crippen molar-refractivity contribution in [1.29, 1.82) is 0 Å². The predicted molar refractivity (Wildman–Crippen MR) is 93.6 cm³/mol. The molecule has 0 saturated carbocycles. The highest BCUT2D eigenvalue weighted by molar-refractivity contribution is 7.07. The summed E-state index contributed by atoms with van der Waals surface area (Å²) in [5.41, 5.74) is 3.47. The van der Waals surface area contributed by atoms with Gasteiger partial charge < -0.3 is 14.4 Å². The maximum Gasteiger partial charge on any atom is 0.273 e. The number of amides is 1. The Balaban J connectivity index is 1.69. The van der Waals surface area contributed by atoms with Crippen LogP contribution in [-0.2, 0) is 11.2 Å². The Morgan fingerprint density at radius 2 is 2.12 bits per heavy atom. The number of thiazole rings is 1. The van der Waals surface area contributed by atoms with E-state index in [0.29, 0.717) is 18.8 Å². The topological polar surface area (TPSA) is 51.7 Å². The highest BCUT2D eigenvalue weighted by Gasteiger charge is 2.32. The minimum absolute atomic E-state index is 0.0190. The smallest absolute Gasteiger partial charge is 0.273 e. The van der Waals surface area contributed by atoms with E-state index in [9.17, 15) is 4.79 Å². The molecule has 0 aliphatic carbocycles. The number of hydrogen-bond acceptors (Lipinski definition) is 5. The molecule has 1 amide bonds. The lowest BCUT2D eigenvalue weighted by Crippen LogP contribution is -2.47. The number of nitrogens with zero attached hydrogens (tertiary/aromatic N) is 2. The number of likely N-dealkylation sites (tertiary alicyclic amines) is 1. The van der Waals surface area contributed by atoms with Crippen LogP contribution in [0.4, 0.5) is 0 Å². The largest absolute Gasteiger partial charge is 0.497 e. The van der Waals surface area contributed by atoms with Crippen molar-refractivity contribution in [2.75, 3.05) is 27.3 Å². The van der Waals surface area contributed by atoms with Crippen molar-refractivity contribution < 1.29 is 14.3 Å². The van der Waals surface area contributed by atoms with Gasteiger partial charge in [-0.1, -0.05) is 12.1 Å². The van der Waals surface area contributed by atoms with Crippen molar-refractivity contribution in [3.05, 3.63) is 46.4 Å². The van der Waals surface area contributed by atoms with E-state index in [1.807, 2.05) is 22.4 Å². The number of methoxy groups -OCH3 is 2. The van der Waals surface area contributed by atoms with Gasteiger partial charge in [0.15, 0.2) is 0 Å². The van der Waals surface area contributed by atoms with Crippen LogP contribution in [0.25, 0.3) is 0 Å². The van der Waals surface area contributed by atoms with Gasteiger partial charge in [-0.25, -0.2) is 4.98 Å². The van der Waals surface area contributed by atoms with Gasteiger partial charge in [-0.15, -0.1) is 11.3 Å². The summed E-state index contributed by atoms with van der Waals surface area (Å²) in [7, 11) is 3.42. The van der Waals surface area contributed by atoms with Gasteiger partial charge in [-0.05, 0) is 30.5 Å². The number of carbonyl (C=O) groups is 1. The van der Waals surface area contributed by atoms with Gasteiger partial charge in [-0.3, -0.25) is 4.79 Å². The number of rotatable bonds is 5. The quantitative estimate of drug-likeness (QED) is 0.835. The van der Waals surface area contributed by atoms with Gasteiger partial charge in [-0.2, -0.15) is 0 Å². The SMILES string of the molecule is COc1ccc(C[C@H]2CN(C(=O)c3cscn3)CC[C@@H]2OC)cc1. The number of aromatic nitrogens is 1. The second-order valence-corrected chi connectivity index (χ2v) is 6.72. The average Bonchev–Trinajstić information content (AvgIpc) is 3.16. The molecule has 2 aromatic rings. The fourth-order valence-electron chi connectivity index (χ4n) is 3.25. The number of hydrogen-bond donors (Lipinski definition) is 0. The number of benzene rings is 1. The number of ether oxygens (including phenoxy) is 2. The van der Waals surface area contributed by atoms with Crippen LogP contribution < -0.4 is 4.74 Å². The molecule has 1 aromatic heterocycles. The first-order valence-electron chi connectivity index (χ1n) is 8.04. The van der Waals surface area contributed by atoms with E-state index < -0.39 is 0 Å². The molecular weight excluding hydrogens is 324 g/mol. The summed E-state index contributed by atoms with van der Waals surface area (Å²) in [4.78, 5) is 18.6. The third-order valence-corrected chi connectivity index (χ3v) is 5.15. The van der Waals surface area contributed by atoms with Gasteiger partial charge in [0, 0.05) is 31.5 Å². The summed E-state index contributed by atoms with van der Waals surface area (Å²) >= 11 is 1.45. The van der Waals surface area contributed by atoms with Crippen molar-refractivity contribution in [2.24, 2.45) is 5.92 Å². The number of carbonyl (C=O) groups excluding carboxylic acids is 1. The van der Waals surface area contributed by atoms with Crippen LogP contribution in [0, 0.1) is 5.92 Å². The monoisotopic (exact) mass is 346 g/mol. The highest BCUT2D eigenvalue weighted by atomic mass is 32.1. The van der Waals surface area contributed by atoms with E-state index in [2.05, 4.69) is 17.1 Å². The molecule has 1 aliphatic heterocycles. The Kier molecular flexibility index (Phi) is 5.48. The van der Waals surface area contributed by atoms with Crippen LogP contribution in [0.5, 0.6) is 5.75 Å². The van der Waals surface area contributed by atoms with Gasteiger partial charge in [0.2, 0.25) is 0 Å². The molecule has 6 heteroatoms. The van der Waals surface area contributed by atoms with Crippen molar-refractivity contribution >= 4 is 17.2 Å². The lowest BCUT2D eigenvalue weighted by molar-refractivity contribution is -0.00314. The Bertz CT molecular complexity index is 657. The lowest BCUT2D eigenvalue weighted by atomic mass is 9.88. The Labute approximate surface area is 146 Å². The second kappa shape index (κ2) is 7.77. The van der Waals surface area contributed by atoms with E-state index in [4.69, 9.17) is 9.47 Å². The van der Waals surface area contributed by atoms with Crippen molar-refractivity contribution in [3.63, 3.8) is 0 Å². The molecule has 0 bridgehead atoms. The second-order valence-electron chi connectivity index (χ2n) is 6.00. The molecule has 1 fully saturated rings. The minimum Gasteiger partial charge on any atom is -0.497 e.